The van der Waals surface area contributed by atoms with E-state index in [1.54, 1.807) is 5.48 Å². The molecule has 2 aromatic heterocycles. The summed E-state index contributed by atoms with van der Waals surface area (Å²) in [5.74, 6) is 1.21. The average Bonchev–Trinajstić information content (AvgIpc) is 3.33. The molecule has 12 heteroatoms. The second-order valence-electron chi connectivity index (χ2n) is 6.45. The molecule has 1 aliphatic rings. The summed E-state index contributed by atoms with van der Waals surface area (Å²) >= 11 is 1.45. The number of nitrogens with two attached hydrogens (primary N) is 1. The Hall–Kier alpha value is -3.09. The first kappa shape index (κ1) is 20.2. The van der Waals surface area contributed by atoms with Crippen molar-refractivity contribution in [1.29, 1.82) is 0 Å². The number of hydrogen-bond donors (Lipinski definition) is 3. The second-order valence-corrected chi connectivity index (χ2v) is 7.46. The number of aryl methyl sites for hydroxylation is 1. The molecule has 0 spiro atoms. The number of ether oxygens (including phenoxy) is 3. The molecule has 11 nitrogen and oxygen atoms in total. The quantitative estimate of drug-likeness (QED) is 0.272. The van der Waals surface area contributed by atoms with Crippen LogP contribution in [0, 0.1) is 6.92 Å². The van der Waals surface area contributed by atoms with Gasteiger partial charge in [-0.1, -0.05) is 11.8 Å². The summed E-state index contributed by atoms with van der Waals surface area (Å²) < 4.78 is 18.3. The molecule has 1 aliphatic heterocycles. The number of carbonyl (C=O) groups is 1. The molecule has 0 aliphatic carbocycles. The summed E-state index contributed by atoms with van der Waals surface area (Å²) in [6, 6.07) is 3.85. The monoisotopic (exact) mass is 432 g/mol. The van der Waals surface area contributed by atoms with Gasteiger partial charge in [0.15, 0.2) is 33.6 Å². The van der Waals surface area contributed by atoms with Crippen LogP contribution in [0.1, 0.15) is 12.0 Å². The number of nitrogens with one attached hydrogen (secondary N) is 1. The number of nitrogen functional groups attached to an aromatic ring is 1. The molecule has 3 heterocycles. The van der Waals surface area contributed by atoms with Gasteiger partial charge in [0.2, 0.25) is 12.7 Å². The molecule has 0 unspecified atom stereocenters. The van der Waals surface area contributed by atoms with E-state index < -0.39 is 5.91 Å². The molecule has 158 valence electrons. The fourth-order valence-corrected chi connectivity index (χ4v) is 3.93. The van der Waals surface area contributed by atoms with Gasteiger partial charge < -0.3 is 24.5 Å². The van der Waals surface area contributed by atoms with Crippen LogP contribution in [0.25, 0.3) is 11.2 Å². The Labute approximate surface area is 175 Å². The first-order valence-corrected chi connectivity index (χ1v) is 9.94. The maximum atomic E-state index is 11.1. The molecule has 4 N–H and O–H groups in total. The standard InChI is InChI=1S/C18H20N6O5S/c1-10-6-11-12(29-9-28-11)7-13(10)30-18-22-15-16(19)20-8-21-17(15)24(18)3-5-27-4-2-14(25)23-26/h6-8,26H,2-5,9H2,1H3,(H,23,25)(H2,19,20,21). The van der Waals surface area contributed by atoms with Gasteiger partial charge >= 0.3 is 0 Å². The fraction of sp³-hybridized carbons (Fsp3) is 0.333. The van der Waals surface area contributed by atoms with Crippen LogP contribution in [0.4, 0.5) is 5.82 Å². The number of benzene rings is 1. The zero-order valence-electron chi connectivity index (χ0n) is 16.1. The van der Waals surface area contributed by atoms with Crippen LogP contribution in [0.3, 0.4) is 0 Å². The van der Waals surface area contributed by atoms with Crippen molar-refractivity contribution in [3.05, 3.63) is 24.0 Å². The van der Waals surface area contributed by atoms with Gasteiger partial charge in [0, 0.05) is 4.90 Å². The normalized spacial score (nSPS) is 12.5. The van der Waals surface area contributed by atoms with Gasteiger partial charge in [-0.2, -0.15) is 0 Å². The molecule has 30 heavy (non-hydrogen) atoms. The minimum atomic E-state index is -0.502. The molecule has 1 amide bonds. The first-order valence-electron chi connectivity index (χ1n) is 9.12. The number of rotatable bonds is 8. The number of aromatic nitrogens is 4. The zero-order chi connectivity index (χ0) is 21.1. The predicted octanol–water partition coefficient (Wildman–Crippen LogP) is 1.51. The third-order valence-electron chi connectivity index (χ3n) is 4.45. The maximum Gasteiger partial charge on any atom is 0.245 e. The first-order chi connectivity index (χ1) is 14.6. The summed E-state index contributed by atoms with van der Waals surface area (Å²) in [6.07, 6.45) is 1.46. The molecular formula is C18H20N6O5S. The van der Waals surface area contributed by atoms with Gasteiger partial charge in [-0.25, -0.2) is 20.4 Å². The van der Waals surface area contributed by atoms with Crippen LogP contribution in [0.5, 0.6) is 11.5 Å². The number of carbonyl (C=O) groups excluding carboxylic acids is 1. The molecule has 0 radical (unpaired) electrons. The Bertz CT molecular complexity index is 1090. The number of fused-ring (bicyclic) bond motifs is 2. The van der Waals surface area contributed by atoms with E-state index in [0.29, 0.717) is 41.0 Å². The van der Waals surface area contributed by atoms with Gasteiger partial charge in [-0.3, -0.25) is 10.0 Å². The molecule has 0 bridgehead atoms. The van der Waals surface area contributed by atoms with E-state index in [1.165, 1.54) is 18.1 Å². The number of anilines is 1. The van der Waals surface area contributed by atoms with Gasteiger partial charge in [-0.15, -0.1) is 0 Å². The van der Waals surface area contributed by atoms with Crippen molar-refractivity contribution in [2.24, 2.45) is 0 Å². The third kappa shape index (κ3) is 4.10. The summed E-state index contributed by atoms with van der Waals surface area (Å²) in [6.45, 7) is 3.14. The third-order valence-corrected chi connectivity index (χ3v) is 5.61. The summed E-state index contributed by atoms with van der Waals surface area (Å²) in [4.78, 5) is 25.0. The smallest absolute Gasteiger partial charge is 0.245 e. The van der Waals surface area contributed by atoms with Crippen molar-refractivity contribution in [2.75, 3.05) is 25.7 Å². The molecular weight excluding hydrogens is 412 g/mol. The topological polar surface area (TPSA) is 147 Å². The lowest BCUT2D eigenvalue weighted by Crippen LogP contribution is -2.20. The number of imidazole rings is 1. The highest BCUT2D eigenvalue weighted by Crippen LogP contribution is 2.40. The largest absolute Gasteiger partial charge is 0.454 e. The zero-order valence-corrected chi connectivity index (χ0v) is 16.9. The molecule has 0 saturated heterocycles. The van der Waals surface area contributed by atoms with Crippen molar-refractivity contribution < 1.29 is 24.2 Å². The van der Waals surface area contributed by atoms with Crippen molar-refractivity contribution in [3.63, 3.8) is 0 Å². The van der Waals surface area contributed by atoms with E-state index in [0.717, 1.165) is 16.2 Å². The van der Waals surface area contributed by atoms with Crippen molar-refractivity contribution in [3.8, 4) is 11.5 Å². The molecule has 0 fully saturated rings. The highest BCUT2D eigenvalue weighted by molar-refractivity contribution is 7.99. The van der Waals surface area contributed by atoms with Crippen molar-refractivity contribution in [2.45, 2.75) is 29.9 Å². The Morgan fingerprint density at radius 3 is 2.93 bits per heavy atom. The van der Waals surface area contributed by atoms with Gasteiger partial charge in [0.05, 0.1) is 26.2 Å². The van der Waals surface area contributed by atoms with Crippen LogP contribution in [-0.2, 0) is 16.1 Å². The average molecular weight is 432 g/mol. The van der Waals surface area contributed by atoms with Crippen molar-refractivity contribution >= 4 is 34.7 Å². The summed E-state index contributed by atoms with van der Waals surface area (Å²) in [7, 11) is 0. The maximum absolute atomic E-state index is 11.1. The van der Waals surface area contributed by atoms with E-state index in [-0.39, 0.29) is 19.8 Å². The number of hydroxylamine groups is 1. The highest BCUT2D eigenvalue weighted by atomic mass is 32.2. The predicted molar refractivity (Wildman–Crippen MR) is 107 cm³/mol. The summed E-state index contributed by atoms with van der Waals surface area (Å²) in [5.41, 5.74) is 9.69. The van der Waals surface area contributed by atoms with E-state index in [1.807, 2.05) is 23.6 Å². The van der Waals surface area contributed by atoms with Gasteiger partial charge in [0.25, 0.3) is 0 Å². The molecule has 1 aromatic carbocycles. The molecule has 3 aromatic rings. The number of hydrogen-bond acceptors (Lipinski definition) is 10. The lowest BCUT2D eigenvalue weighted by atomic mass is 10.2. The second kappa shape index (κ2) is 8.73. The summed E-state index contributed by atoms with van der Waals surface area (Å²) in [5, 5.41) is 9.21. The van der Waals surface area contributed by atoms with Crippen molar-refractivity contribution in [1.82, 2.24) is 25.0 Å². The lowest BCUT2D eigenvalue weighted by Gasteiger charge is -2.10. The van der Waals surface area contributed by atoms with Gasteiger partial charge in [0.1, 0.15) is 6.33 Å². The SMILES string of the molecule is Cc1cc2c(cc1Sc1nc3c(N)ncnc3n1CCOCCC(=O)NO)OCO2. The molecule has 0 saturated carbocycles. The minimum Gasteiger partial charge on any atom is -0.454 e. The minimum absolute atomic E-state index is 0.0638. The lowest BCUT2D eigenvalue weighted by molar-refractivity contribution is -0.130. The van der Waals surface area contributed by atoms with Crippen LogP contribution in [0.15, 0.2) is 28.5 Å². The van der Waals surface area contributed by atoms with Gasteiger partial charge in [-0.05, 0) is 24.6 Å². The Balaban J connectivity index is 1.57. The Morgan fingerprint density at radius 2 is 2.13 bits per heavy atom. The van der Waals surface area contributed by atoms with Crippen LogP contribution < -0.4 is 20.7 Å². The van der Waals surface area contributed by atoms with E-state index in [9.17, 15) is 4.79 Å². The Morgan fingerprint density at radius 1 is 1.33 bits per heavy atom. The van der Waals surface area contributed by atoms with Crippen LogP contribution >= 0.6 is 11.8 Å². The van der Waals surface area contributed by atoms with E-state index >= 15 is 0 Å². The van der Waals surface area contributed by atoms with Crippen LogP contribution in [0.2, 0.25) is 0 Å². The molecule has 0 atom stereocenters. The molecule has 4 rings (SSSR count). The Kier molecular flexibility index (Phi) is 5.88. The van der Waals surface area contributed by atoms with E-state index in [2.05, 4.69) is 15.0 Å². The number of nitrogens with zero attached hydrogens (tertiary/aromatic N) is 4. The fourth-order valence-electron chi connectivity index (χ4n) is 2.93. The highest BCUT2D eigenvalue weighted by Gasteiger charge is 2.20. The number of amides is 1. The van der Waals surface area contributed by atoms with E-state index in [4.69, 9.17) is 25.2 Å². The van der Waals surface area contributed by atoms with Crippen LogP contribution in [-0.4, -0.2) is 50.6 Å².